The lowest BCUT2D eigenvalue weighted by atomic mass is 10.3. The van der Waals surface area contributed by atoms with Crippen LogP contribution in [-0.2, 0) is 0 Å². The summed E-state index contributed by atoms with van der Waals surface area (Å²) in [6.07, 6.45) is 4.31. The predicted octanol–water partition coefficient (Wildman–Crippen LogP) is 2.69. The average Bonchev–Trinajstić information content (AvgIpc) is 2.39. The lowest BCUT2D eigenvalue weighted by molar-refractivity contribution is 0.336. The molecule has 0 saturated carbocycles. The van der Waals surface area contributed by atoms with E-state index in [1.54, 1.807) is 32.5 Å². The highest BCUT2D eigenvalue weighted by Crippen LogP contribution is 2.38. The van der Waals surface area contributed by atoms with Gasteiger partial charge in [0.2, 0.25) is 5.75 Å². The second kappa shape index (κ2) is 5.21. The summed E-state index contributed by atoms with van der Waals surface area (Å²) >= 11 is 0. The number of pyridine rings is 1. The highest BCUT2D eigenvalue weighted by molar-refractivity contribution is 5.52. The summed E-state index contributed by atoms with van der Waals surface area (Å²) in [6, 6.07) is 8.85. The van der Waals surface area contributed by atoms with Crippen LogP contribution in [0, 0.1) is 6.20 Å². The first kappa shape index (κ1) is 11.3. The molecule has 0 N–H and O–H groups in total. The molecule has 1 aromatic carbocycles. The molecule has 1 radical (unpaired) electrons. The molecule has 87 valence electrons. The zero-order chi connectivity index (χ0) is 12.1. The SMILES string of the molecule is COc1cccc(Oc2c[c]ncc2)c1OC. The van der Waals surface area contributed by atoms with Crippen molar-refractivity contribution in [1.29, 1.82) is 0 Å². The summed E-state index contributed by atoms with van der Waals surface area (Å²) in [5, 5.41) is 0. The molecule has 2 rings (SSSR count). The van der Waals surface area contributed by atoms with Crippen molar-refractivity contribution >= 4 is 0 Å². The van der Waals surface area contributed by atoms with Crippen molar-refractivity contribution in [3.05, 3.63) is 42.7 Å². The van der Waals surface area contributed by atoms with Crippen molar-refractivity contribution in [2.24, 2.45) is 0 Å². The molecule has 4 nitrogen and oxygen atoms in total. The van der Waals surface area contributed by atoms with Crippen LogP contribution in [0.2, 0.25) is 0 Å². The Morgan fingerprint density at radius 2 is 1.88 bits per heavy atom. The van der Waals surface area contributed by atoms with E-state index >= 15 is 0 Å². The number of ether oxygens (including phenoxy) is 3. The lowest BCUT2D eigenvalue weighted by Crippen LogP contribution is -1.94. The molecule has 17 heavy (non-hydrogen) atoms. The maximum absolute atomic E-state index is 5.67. The third-order valence-electron chi connectivity index (χ3n) is 2.19. The molecule has 0 aliphatic carbocycles. The predicted molar refractivity (Wildman–Crippen MR) is 62.7 cm³/mol. The molecule has 0 spiro atoms. The molecule has 2 aromatic rings. The van der Waals surface area contributed by atoms with E-state index in [1.165, 1.54) is 0 Å². The van der Waals surface area contributed by atoms with Crippen molar-refractivity contribution in [1.82, 2.24) is 4.98 Å². The molecular weight excluding hydrogens is 218 g/mol. The van der Waals surface area contributed by atoms with Gasteiger partial charge in [0.15, 0.2) is 11.5 Å². The Kier molecular flexibility index (Phi) is 3.45. The lowest BCUT2D eigenvalue weighted by Gasteiger charge is -2.12. The minimum atomic E-state index is 0.562. The number of benzene rings is 1. The molecular formula is C13H12NO3. The van der Waals surface area contributed by atoms with Crippen LogP contribution < -0.4 is 14.2 Å². The monoisotopic (exact) mass is 230 g/mol. The third kappa shape index (κ3) is 2.47. The zero-order valence-corrected chi connectivity index (χ0v) is 9.64. The highest BCUT2D eigenvalue weighted by Gasteiger charge is 2.11. The molecule has 0 aliphatic heterocycles. The molecule has 1 aromatic heterocycles. The van der Waals surface area contributed by atoms with Crippen LogP contribution >= 0.6 is 0 Å². The average molecular weight is 230 g/mol. The number of hydrogen-bond acceptors (Lipinski definition) is 4. The molecule has 0 bridgehead atoms. The van der Waals surface area contributed by atoms with Gasteiger partial charge in [-0.3, -0.25) is 4.98 Å². The van der Waals surface area contributed by atoms with Crippen molar-refractivity contribution in [3.63, 3.8) is 0 Å². The van der Waals surface area contributed by atoms with Gasteiger partial charge in [-0.15, -0.1) is 0 Å². The maximum Gasteiger partial charge on any atom is 0.203 e. The molecule has 0 fully saturated rings. The van der Waals surface area contributed by atoms with E-state index in [-0.39, 0.29) is 0 Å². The van der Waals surface area contributed by atoms with E-state index in [0.717, 1.165) is 0 Å². The van der Waals surface area contributed by atoms with Crippen LogP contribution in [0.25, 0.3) is 0 Å². The Morgan fingerprint density at radius 3 is 2.53 bits per heavy atom. The van der Waals surface area contributed by atoms with Crippen LogP contribution in [0.3, 0.4) is 0 Å². The van der Waals surface area contributed by atoms with Gasteiger partial charge in [0.05, 0.1) is 20.4 Å². The molecule has 4 heteroatoms. The third-order valence-corrected chi connectivity index (χ3v) is 2.19. The quantitative estimate of drug-likeness (QED) is 0.809. The van der Waals surface area contributed by atoms with Gasteiger partial charge >= 0.3 is 0 Å². The van der Waals surface area contributed by atoms with Gasteiger partial charge in [-0.2, -0.15) is 0 Å². The summed E-state index contributed by atoms with van der Waals surface area (Å²) in [5.41, 5.74) is 0. The van der Waals surface area contributed by atoms with Gasteiger partial charge in [-0.1, -0.05) is 6.07 Å². The first-order valence-electron chi connectivity index (χ1n) is 5.06. The van der Waals surface area contributed by atoms with Gasteiger partial charge in [-0.25, -0.2) is 0 Å². The Morgan fingerprint density at radius 1 is 1.06 bits per heavy atom. The molecule has 0 atom stereocenters. The van der Waals surface area contributed by atoms with Crippen LogP contribution in [0.5, 0.6) is 23.0 Å². The normalized spacial score (nSPS) is 9.76. The van der Waals surface area contributed by atoms with Gasteiger partial charge in [-0.05, 0) is 18.2 Å². The van der Waals surface area contributed by atoms with Crippen molar-refractivity contribution in [3.8, 4) is 23.0 Å². The van der Waals surface area contributed by atoms with E-state index in [2.05, 4.69) is 11.2 Å². The standard InChI is InChI=1S/C13H12NO3/c1-15-11-4-3-5-12(13(11)16-2)17-10-6-8-14-9-7-10/h3-8H,1-2H3. The fourth-order valence-corrected chi connectivity index (χ4v) is 1.43. The Hall–Kier alpha value is -2.23. The van der Waals surface area contributed by atoms with Crippen LogP contribution in [-0.4, -0.2) is 19.2 Å². The minimum Gasteiger partial charge on any atom is -0.493 e. The van der Waals surface area contributed by atoms with Gasteiger partial charge in [0.25, 0.3) is 0 Å². The van der Waals surface area contributed by atoms with Gasteiger partial charge in [0, 0.05) is 12.3 Å². The van der Waals surface area contributed by atoms with Crippen molar-refractivity contribution in [2.75, 3.05) is 14.2 Å². The fraction of sp³-hybridized carbons (Fsp3) is 0.154. The van der Waals surface area contributed by atoms with Crippen LogP contribution in [0.15, 0.2) is 36.5 Å². The van der Waals surface area contributed by atoms with E-state index < -0.39 is 0 Å². The number of para-hydroxylation sites is 1. The Labute approximate surface area is 99.8 Å². The summed E-state index contributed by atoms with van der Waals surface area (Å²) in [5.74, 6) is 2.42. The molecule has 0 saturated heterocycles. The van der Waals surface area contributed by atoms with E-state index in [9.17, 15) is 0 Å². The van der Waals surface area contributed by atoms with E-state index in [0.29, 0.717) is 23.0 Å². The second-order valence-corrected chi connectivity index (χ2v) is 3.21. The first-order chi connectivity index (χ1) is 8.35. The minimum absolute atomic E-state index is 0.562. The smallest absolute Gasteiger partial charge is 0.203 e. The van der Waals surface area contributed by atoms with Crippen molar-refractivity contribution in [2.45, 2.75) is 0 Å². The summed E-state index contributed by atoms with van der Waals surface area (Å²) in [4.78, 5) is 3.80. The largest absolute Gasteiger partial charge is 0.493 e. The second-order valence-electron chi connectivity index (χ2n) is 3.21. The maximum atomic E-state index is 5.67. The number of hydrogen-bond donors (Lipinski definition) is 0. The van der Waals surface area contributed by atoms with E-state index in [4.69, 9.17) is 14.2 Å². The highest BCUT2D eigenvalue weighted by atomic mass is 16.5. The molecule has 1 heterocycles. The summed E-state index contributed by atoms with van der Waals surface area (Å²) < 4.78 is 16.1. The molecule has 0 unspecified atom stereocenters. The summed E-state index contributed by atoms with van der Waals surface area (Å²) in [7, 11) is 3.16. The Balaban J connectivity index is 2.33. The molecule has 0 aliphatic rings. The molecule has 0 amide bonds. The summed E-state index contributed by atoms with van der Waals surface area (Å²) in [6.45, 7) is 0. The Bertz CT molecular complexity index is 485. The number of methoxy groups -OCH3 is 2. The fourth-order valence-electron chi connectivity index (χ4n) is 1.43. The number of aromatic nitrogens is 1. The van der Waals surface area contributed by atoms with Gasteiger partial charge < -0.3 is 14.2 Å². The van der Waals surface area contributed by atoms with Crippen molar-refractivity contribution < 1.29 is 14.2 Å². The topological polar surface area (TPSA) is 40.6 Å². The van der Waals surface area contributed by atoms with E-state index in [1.807, 2.05) is 18.2 Å². The number of rotatable bonds is 4. The number of nitrogens with zero attached hydrogens (tertiary/aromatic N) is 1. The first-order valence-corrected chi connectivity index (χ1v) is 5.06. The zero-order valence-electron chi connectivity index (χ0n) is 9.64. The van der Waals surface area contributed by atoms with Crippen LogP contribution in [0.4, 0.5) is 0 Å². The van der Waals surface area contributed by atoms with Crippen LogP contribution in [0.1, 0.15) is 0 Å². The van der Waals surface area contributed by atoms with Gasteiger partial charge in [0.1, 0.15) is 5.75 Å².